The SMILES string of the molecule is COc1ccccc1N1CCN(C(=O)NCc2cccnc2OC)CC1. The number of carbonyl (C=O) groups excluding carboxylic acids is 1. The molecule has 1 N–H and O–H groups in total. The zero-order valence-corrected chi connectivity index (χ0v) is 15.1. The number of aromatic nitrogens is 1. The Morgan fingerprint density at radius 1 is 1.08 bits per heavy atom. The first-order valence-corrected chi connectivity index (χ1v) is 8.61. The first-order chi connectivity index (χ1) is 12.7. The molecule has 2 amide bonds. The minimum atomic E-state index is -0.0735. The van der Waals surface area contributed by atoms with Crippen molar-refractivity contribution in [3.63, 3.8) is 0 Å². The van der Waals surface area contributed by atoms with Crippen LogP contribution >= 0.6 is 0 Å². The number of pyridine rings is 1. The van der Waals surface area contributed by atoms with Gasteiger partial charge in [0.05, 0.1) is 19.9 Å². The van der Waals surface area contributed by atoms with E-state index in [1.165, 1.54) is 0 Å². The summed E-state index contributed by atoms with van der Waals surface area (Å²) in [4.78, 5) is 20.7. The van der Waals surface area contributed by atoms with Crippen molar-refractivity contribution in [1.82, 2.24) is 15.2 Å². The van der Waals surface area contributed by atoms with Gasteiger partial charge >= 0.3 is 6.03 Å². The molecular formula is C19H24N4O3. The molecule has 7 heteroatoms. The molecule has 0 unspecified atom stereocenters. The van der Waals surface area contributed by atoms with Gasteiger partial charge in [0.2, 0.25) is 5.88 Å². The summed E-state index contributed by atoms with van der Waals surface area (Å²) in [5, 5.41) is 2.94. The van der Waals surface area contributed by atoms with E-state index in [-0.39, 0.29) is 6.03 Å². The number of methoxy groups -OCH3 is 2. The predicted octanol–water partition coefficient (Wildman–Crippen LogP) is 2.13. The standard InChI is InChI=1S/C19H24N4O3/c1-25-17-8-4-3-7-16(17)22-10-12-23(13-11-22)19(24)21-14-15-6-5-9-20-18(15)26-2/h3-9H,10-14H2,1-2H3,(H,21,24). The van der Waals surface area contributed by atoms with Crippen LogP contribution in [0.1, 0.15) is 5.56 Å². The zero-order chi connectivity index (χ0) is 18.4. The van der Waals surface area contributed by atoms with Crippen molar-refractivity contribution in [2.75, 3.05) is 45.3 Å². The second-order valence-electron chi connectivity index (χ2n) is 5.98. The van der Waals surface area contributed by atoms with Gasteiger partial charge < -0.3 is 24.6 Å². The number of hydrogen-bond donors (Lipinski definition) is 1. The van der Waals surface area contributed by atoms with E-state index in [4.69, 9.17) is 9.47 Å². The summed E-state index contributed by atoms with van der Waals surface area (Å²) in [5.74, 6) is 1.39. The van der Waals surface area contributed by atoms with E-state index >= 15 is 0 Å². The van der Waals surface area contributed by atoms with E-state index in [0.717, 1.165) is 30.1 Å². The Morgan fingerprint density at radius 2 is 1.85 bits per heavy atom. The highest BCUT2D eigenvalue weighted by Gasteiger charge is 2.22. The van der Waals surface area contributed by atoms with E-state index in [0.29, 0.717) is 25.5 Å². The van der Waals surface area contributed by atoms with Gasteiger partial charge in [-0.15, -0.1) is 0 Å². The van der Waals surface area contributed by atoms with Crippen molar-refractivity contribution in [1.29, 1.82) is 0 Å². The Bertz CT molecular complexity index is 745. The lowest BCUT2D eigenvalue weighted by molar-refractivity contribution is 0.193. The van der Waals surface area contributed by atoms with E-state index < -0.39 is 0 Å². The van der Waals surface area contributed by atoms with Crippen LogP contribution in [0.2, 0.25) is 0 Å². The maximum Gasteiger partial charge on any atom is 0.317 e. The molecule has 0 radical (unpaired) electrons. The average Bonchev–Trinajstić information content (AvgIpc) is 2.72. The maximum atomic E-state index is 12.4. The van der Waals surface area contributed by atoms with Gasteiger partial charge in [-0.2, -0.15) is 0 Å². The summed E-state index contributed by atoms with van der Waals surface area (Å²) in [6, 6.07) is 11.6. The Balaban J connectivity index is 1.54. The molecule has 138 valence electrons. The van der Waals surface area contributed by atoms with Gasteiger partial charge in [-0.05, 0) is 18.2 Å². The van der Waals surface area contributed by atoms with Crippen molar-refractivity contribution >= 4 is 11.7 Å². The maximum absolute atomic E-state index is 12.4. The molecule has 0 saturated carbocycles. The summed E-state index contributed by atoms with van der Waals surface area (Å²) in [6.45, 7) is 3.25. The molecule has 7 nitrogen and oxygen atoms in total. The molecule has 0 atom stereocenters. The van der Waals surface area contributed by atoms with Crippen LogP contribution in [0.25, 0.3) is 0 Å². The fourth-order valence-electron chi connectivity index (χ4n) is 3.07. The highest BCUT2D eigenvalue weighted by molar-refractivity contribution is 5.74. The number of ether oxygens (including phenoxy) is 2. The van der Waals surface area contributed by atoms with Gasteiger partial charge in [0.25, 0.3) is 0 Å². The zero-order valence-electron chi connectivity index (χ0n) is 15.1. The van der Waals surface area contributed by atoms with Crippen LogP contribution in [0.3, 0.4) is 0 Å². The largest absolute Gasteiger partial charge is 0.495 e. The molecule has 0 spiro atoms. The lowest BCUT2D eigenvalue weighted by atomic mass is 10.2. The molecular weight excluding hydrogens is 332 g/mol. The monoisotopic (exact) mass is 356 g/mol. The molecule has 2 heterocycles. The van der Waals surface area contributed by atoms with Crippen molar-refractivity contribution < 1.29 is 14.3 Å². The molecule has 1 fully saturated rings. The van der Waals surface area contributed by atoms with Crippen LogP contribution < -0.4 is 19.7 Å². The quantitative estimate of drug-likeness (QED) is 0.889. The highest BCUT2D eigenvalue weighted by atomic mass is 16.5. The van der Waals surface area contributed by atoms with Crippen LogP contribution in [0.4, 0.5) is 10.5 Å². The van der Waals surface area contributed by atoms with Gasteiger partial charge in [-0.25, -0.2) is 9.78 Å². The summed E-state index contributed by atoms with van der Waals surface area (Å²) < 4.78 is 10.6. The third-order valence-electron chi connectivity index (χ3n) is 4.47. The number of para-hydroxylation sites is 2. The number of hydrogen-bond acceptors (Lipinski definition) is 5. The second kappa shape index (κ2) is 8.42. The van der Waals surface area contributed by atoms with Crippen molar-refractivity contribution in [2.45, 2.75) is 6.54 Å². The molecule has 1 aliphatic heterocycles. The third-order valence-corrected chi connectivity index (χ3v) is 4.47. The molecule has 3 rings (SSSR count). The van der Waals surface area contributed by atoms with Gasteiger partial charge in [-0.3, -0.25) is 0 Å². The molecule has 1 saturated heterocycles. The minimum Gasteiger partial charge on any atom is -0.495 e. The molecule has 1 aliphatic rings. The Hall–Kier alpha value is -2.96. The number of carbonyl (C=O) groups is 1. The Morgan fingerprint density at radius 3 is 2.58 bits per heavy atom. The summed E-state index contributed by atoms with van der Waals surface area (Å²) in [7, 11) is 3.25. The number of urea groups is 1. The fourth-order valence-corrected chi connectivity index (χ4v) is 3.07. The normalized spacial score (nSPS) is 14.1. The van der Waals surface area contributed by atoms with Crippen molar-refractivity contribution in [3.8, 4) is 11.6 Å². The number of benzene rings is 1. The second-order valence-corrected chi connectivity index (χ2v) is 5.98. The third kappa shape index (κ3) is 3.99. The van der Waals surface area contributed by atoms with Crippen molar-refractivity contribution in [2.24, 2.45) is 0 Å². The Kier molecular flexibility index (Phi) is 5.78. The first kappa shape index (κ1) is 17.8. The lowest BCUT2D eigenvalue weighted by Crippen LogP contribution is -2.51. The summed E-state index contributed by atoms with van der Waals surface area (Å²) in [6.07, 6.45) is 1.67. The number of nitrogens with zero attached hydrogens (tertiary/aromatic N) is 3. The van der Waals surface area contributed by atoms with Gasteiger partial charge in [0.15, 0.2) is 0 Å². The number of rotatable bonds is 5. The minimum absolute atomic E-state index is 0.0735. The molecule has 1 aromatic carbocycles. The van der Waals surface area contributed by atoms with Gasteiger partial charge in [0, 0.05) is 44.5 Å². The number of amides is 2. The van der Waals surface area contributed by atoms with E-state index in [1.807, 2.05) is 41.3 Å². The van der Waals surface area contributed by atoms with Crippen LogP contribution in [-0.4, -0.2) is 56.3 Å². The van der Waals surface area contributed by atoms with Crippen LogP contribution in [0, 0.1) is 0 Å². The predicted molar refractivity (Wildman–Crippen MR) is 99.8 cm³/mol. The van der Waals surface area contributed by atoms with E-state index in [1.54, 1.807) is 20.4 Å². The summed E-state index contributed by atoms with van der Waals surface area (Å²) >= 11 is 0. The molecule has 0 aliphatic carbocycles. The van der Waals surface area contributed by atoms with Crippen LogP contribution in [-0.2, 0) is 6.54 Å². The van der Waals surface area contributed by atoms with E-state index in [2.05, 4.69) is 15.2 Å². The highest BCUT2D eigenvalue weighted by Crippen LogP contribution is 2.28. The van der Waals surface area contributed by atoms with E-state index in [9.17, 15) is 4.79 Å². The molecule has 2 aromatic rings. The lowest BCUT2D eigenvalue weighted by Gasteiger charge is -2.36. The molecule has 26 heavy (non-hydrogen) atoms. The van der Waals surface area contributed by atoms with Crippen LogP contribution in [0.5, 0.6) is 11.6 Å². The molecule has 1 aromatic heterocycles. The average molecular weight is 356 g/mol. The smallest absolute Gasteiger partial charge is 0.317 e. The van der Waals surface area contributed by atoms with Gasteiger partial charge in [-0.1, -0.05) is 18.2 Å². The fraction of sp³-hybridized carbons (Fsp3) is 0.368. The number of piperazine rings is 1. The Labute approximate surface area is 153 Å². The molecule has 0 bridgehead atoms. The topological polar surface area (TPSA) is 66.9 Å². The number of anilines is 1. The van der Waals surface area contributed by atoms with Crippen molar-refractivity contribution in [3.05, 3.63) is 48.2 Å². The number of nitrogens with one attached hydrogen (secondary N) is 1. The first-order valence-electron chi connectivity index (χ1n) is 8.61. The van der Waals surface area contributed by atoms with Crippen LogP contribution in [0.15, 0.2) is 42.6 Å². The summed E-state index contributed by atoms with van der Waals surface area (Å²) in [5.41, 5.74) is 1.92. The van der Waals surface area contributed by atoms with Gasteiger partial charge in [0.1, 0.15) is 5.75 Å².